The molecule has 0 bridgehead atoms. The van der Waals surface area contributed by atoms with Crippen molar-refractivity contribution < 1.29 is 14.0 Å². The number of carbonyl (C=O) groups excluding carboxylic acids is 2. The van der Waals surface area contributed by atoms with E-state index in [9.17, 15) is 14.0 Å². The number of carbonyl (C=O) groups is 2. The smallest absolute Gasteiger partial charge is 0.254 e. The van der Waals surface area contributed by atoms with Gasteiger partial charge in [0.25, 0.3) is 5.91 Å². The fraction of sp³-hybridized carbons (Fsp3) is 0.556. The van der Waals surface area contributed by atoms with Crippen molar-refractivity contribution >= 4 is 11.8 Å². The number of amides is 2. The van der Waals surface area contributed by atoms with Crippen molar-refractivity contribution in [3.05, 3.63) is 35.1 Å². The average molecular weight is 333 g/mol. The molecule has 2 saturated heterocycles. The maximum atomic E-state index is 13.4. The lowest BCUT2D eigenvalue weighted by Crippen LogP contribution is -2.51. The third-order valence-corrected chi connectivity index (χ3v) is 5.27. The number of primary amides is 1. The number of hydrogen-bond donors (Lipinski definition) is 1. The molecule has 2 fully saturated rings. The Bertz CT molecular complexity index is 641. The van der Waals surface area contributed by atoms with Crippen molar-refractivity contribution in [2.45, 2.75) is 44.7 Å². The van der Waals surface area contributed by atoms with Gasteiger partial charge in [-0.05, 0) is 56.8 Å². The molecule has 2 amide bonds. The Hall–Kier alpha value is -1.95. The Balaban J connectivity index is 1.63. The lowest BCUT2D eigenvalue weighted by Gasteiger charge is -2.38. The fourth-order valence-corrected chi connectivity index (χ4v) is 3.93. The van der Waals surface area contributed by atoms with Gasteiger partial charge in [-0.2, -0.15) is 0 Å². The second-order valence-electron chi connectivity index (χ2n) is 6.78. The first-order valence-electron chi connectivity index (χ1n) is 8.58. The predicted molar refractivity (Wildman–Crippen MR) is 89.0 cm³/mol. The van der Waals surface area contributed by atoms with Gasteiger partial charge in [-0.15, -0.1) is 0 Å². The molecule has 1 atom stereocenters. The first-order chi connectivity index (χ1) is 11.5. The molecular weight excluding hydrogens is 309 g/mol. The predicted octanol–water partition coefficient (Wildman–Crippen LogP) is 1.69. The second-order valence-corrected chi connectivity index (χ2v) is 6.78. The minimum Gasteiger partial charge on any atom is -0.368 e. The van der Waals surface area contributed by atoms with Crippen LogP contribution in [0.15, 0.2) is 18.2 Å². The van der Waals surface area contributed by atoms with Crippen LogP contribution in [0.5, 0.6) is 0 Å². The normalized spacial score (nSPS) is 22.8. The summed E-state index contributed by atoms with van der Waals surface area (Å²) in [6, 6.07) is 4.45. The zero-order valence-electron chi connectivity index (χ0n) is 14.0. The minimum absolute atomic E-state index is 0.113. The van der Waals surface area contributed by atoms with Crippen LogP contribution in [-0.2, 0) is 4.79 Å². The first-order valence-corrected chi connectivity index (χ1v) is 8.58. The van der Waals surface area contributed by atoms with E-state index < -0.39 is 0 Å². The van der Waals surface area contributed by atoms with Crippen LogP contribution in [0.25, 0.3) is 0 Å². The summed E-state index contributed by atoms with van der Waals surface area (Å²) in [5.74, 6) is -0.750. The van der Waals surface area contributed by atoms with Crippen LogP contribution in [0.4, 0.5) is 4.39 Å². The number of aryl methyl sites for hydroxylation is 1. The van der Waals surface area contributed by atoms with Gasteiger partial charge < -0.3 is 10.6 Å². The maximum Gasteiger partial charge on any atom is 0.254 e. The summed E-state index contributed by atoms with van der Waals surface area (Å²) in [7, 11) is 0. The van der Waals surface area contributed by atoms with E-state index in [1.54, 1.807) is 11.0 Å². The molecule has 1 aromatic carbocycles. The van der Waals surface area contributed by atoms with E-state index >= 15 is 0 Å². The van der Waals surface area contributed by atoms with E-state index in [1.165, 1.54) is 12.1 Å². The maximum absolute atomic E-state index is 13.4. The van der Waals surface area contributed by atoms with Crippen LogP contribution < -0.4 is 5.73 Å². The highest BCUT2D eigenvalue weighted by Gasteiger charge is 2.36. The molecule has 24 heavy (non-hydrogen) atoms. The van der Waals surface area contributed by atoms with Gasteiger partial charge in [0, 0.05) is 24.7 Å². The molecule has 0 saturated carbocycles. The van der Waals surface area contributed by atoms with Crippen LogP contribution in [0.1, 0.15) is 41.6 Å². The standard InChI is InChI=1S/C18H24FN3O2/c1-12-4-5-13(19)11-15(12)18(24)21-9-6-14(7-10-21)22-8-2-3-16(22)17(20)23/h4-5,11,14,16H,2-3,6-10H2,1H3,(H2,20,23)/t16-/m0/s1. The molecule has 0 radical (unpaired) electrons. The number of nitrogens with zero attached hydrogens (tertiary/aromatic N) is 2. The third-order valence-electron chi connectivity index (χ3n) is 5.27. The van der Waals surface area contributed by atoms with Crippen LogP contribution in [0, 0.1) is 12.7 Å². The number of halogens is 1. The van der Waals surface area contributed by atoms with Gasteiger partial charge in [-0.1, -0.05) is 6.07 Å². The minimum atomic E-state index is -0.389. The van der Waals surface area contributed by atoms with E-state index in [4.69, 9.17) is 5.73 Å². The van der Waals surface area contributed by atoms with Crippen molar-refractivity contribution in [1.82, 2.24) is 9.80 Å². The third kappa shape index (κ3) is 3.29. The van der Waals surface area contributed by atoms with Gasteiger partial charge in [0.15, 0.2) is 0 Å². The number of benzene rings is 1. The largest absolute Gasteiger partial charge is 0.368 e. The van der Waals surface area contributed by atoms with Crippen LogP contribution in [0.2, 0.25) is 0 Å². The van der Waals surface area contributed by atoms with E-state index in [1.807, 2.05) is 6.92 Å². The average Bonchev–Trinajstić information content (AvgIpc) is 3.06. The van der Waals surface area contributed by atoms with Gasteiger partial charge >= 0.3 is 0 Å². The second kappa shape index (κ2) is 6.89. The van der Waals surface area contributed by atoms with Crippen LogP contribution >= 0.6 is 0 Å². The molecule has 2 N–H and O–H groups in total. The molecule has 0 spiro atoms. The molecule has 130 valence electrons. The van der Waals surface area contributed by atoms with Crippen molar-refractivity contribution in [3.8, 4) is 0 Å². The van der Waals surface area contributed by atoms with Crippen molar-refractivity contribution in [3.63, 3.8) is 0 Å². The molecule has 3 rings (SSSR count). The summed E-state index contributed by atoms with van der Waals surface area (Å²) in [6.45, 7) is 3.97. The Morgan fingerprint density at radius 3 is 2.54 bits per heavy atom. The zero-order chi connectivity index (χ0) is 17.3. The molecule has 5 nitrogen and oxygen atoms in total. The molecule has 6 heteroatoms. The molecule has 0 aliphatic carbocycles. The molecular formula is C18H24FN3O2. The van der Waals surface area contributed by atoms with Crippen LogP contribution in [0.3, 0.4) is 0 Å². The Labute approximate surface area is 141 Å². The summed E-state index contributed by atoms with van der Waals surface area (Å²) in [5, 5.41) is 0. The Morgan fingerprint density at radius 1 is 1.17 bits per heavy atom. The fourth-order valence-electron chi connectivity index (χ4n) is 3.93. The SMILES string of the molecule is Cc1ccc(F)cc1C(=O)N1CCC(N2CCC[C@H]2C(N)=O)CC1. The topological polar surface area (TPSA) is 66.6 Å². The lowest BCUT2D eigenvalue weighted by molar-refractivity contribution is -0.123. The van der Waals surface area contributed by atoms with Gasteiger partial charge in [-0.25, -0.2) is 4.39 Å². The van der Waals surface area contributed by atoms with Gasteiger partial charge in [-0.3, -0.25) is 14.5 Å². The summed E-state index contributed by atoms with van der Waals surface area (Å²) in [4.78, 5) is 28.2. The van der Waals surface area contributed by atoms with Gasteiger partial charge in [0.2, 0.25) is 5.91 Å². The lowest BCUT2D eigenvalue weighted by atomic mass is 10.00. The van der Waals surface area contributed by atoms with Gasteiger partial charge in [0.1, 0.15) is 5.82 Å². The molecule has 2 heterocycles. The van der Waals surface area contributed by atoms with E-state index in [0.717, 1.165) is 37.8 Å². The number of nitrogens with two attached hydrogens (primary N) is 1. The summed E-state index contributed by atoms with van der Waals surface area (Å²) >= 11 is 0. The molecule has 0 unspecified atom stereocenters. The summed E-state index contributed by atoms with van der Waals surface area (Å²) in [6.07, 6.45) is 3.47. The van der Waals surface area contributed by atoms with Gasteiger partial charge in [0.05, 0.1) is 6.04 Å². The zero-order valence-corrected chi connectivity index (χ0v) is 14.0. The number of piperidine rings is 1. The number of rotatable bonds is 3. The molecule has 2 aliphatic heterocycles. The summed E-state index contributed by atoms with van der Waals surface area (Å²) < 4.78 is 13.4. The van der Waals surface area contributed by atoms with Crippen molar-refractivity contribution in [2.24, 2.45) is 5.73 Å². The highest BCUT2D eigenvalue weighted by Crippen LogP contribution is 2.26. The van der Waals surface area contributed by atoms with E-state index in [-0.39, 0.29) is 23.7 Å². The Kier molecular flexibility index (Phi) is 4.85. The monoisotopic (exact) mass is 333 g/mol. The van der Waals surface area contributed by atoms with E-state index in [2.05, 4.69) is 4.90 Å². The summed E-state index contributed by atoms with van der Waals surface area (Å²) in [5.41, 5.74) is 6.72. The highest BCUT2D eigenvalue weighted by molar-refractivity contribution is 5.95. The van der Waals surface area contributed by atoms with Crippen LogP contribution in [-0.4, -0.2) is 53.3 Å². The molecule has 1 aromatic rings. The quantitative estimate of drug-likeness (QED) is 0.915. The number of likely N-dealkylation sites (tertiary alicyclic amines) is 2. The highest BCUT2D eigenvalue weighted by atomic mass is 19.1. The Morgan fingerprint density at radius 2 is 1.88 bits per heavy atom. The van der Waals surface area contributed by atoms with Crippen molar-refractivity contribution in [1.29, 1.82) is 0 Å². The molecule has 0 aromatic heterocycles. The van der Waals surface area contributed by atoms with E-state index in [0.29, 0.717) is 24.7 Å². The van der Waals surface area contributed by atoms with Crippen molar-refractivity contribution in [2.75, 3.05) is 19.6 Å². The first kappa shape index (κ1) is 16.9. The number of hydrogen-bond acceptors (Lipinski definition) is 3. The molecule has 2 aliphatic rings.